The lowest BCUT2D eigenvalue weighted by Gasteiger charge is -2.31. The van der Waals surface area contributed by atoms with Crippen LogP contribution in [0.2, 0.25) is 0 Å². The highest BCUT2D eigenvalue weighted by Gasteiger charge is 2.27. The Morgan fingerprint density at radius 2 is 1.73 bits per heavy atom. The number of nitrogens with zero attached hydrogens (tertiary/aromatic N) is 1. The quantitative estimate of drug-likeness (QED) is 0.658. The Kier molecular flexibility index (Phi) is 6.47. The zero-order valence-electron chi connectivity index (χ0n) is 17.2. The second-order valence-electron chi connectivity index (χ2n) is 6.96. The maximum absolute atomic E-state index is 12.9. The molecule has 30 heavy (non-hydrogen) atoms. The van der Waals surface area contributed by atoms with Gasteiger partial charge in [0.25, 0.3) is 10.0 Å². The fourth-order valence-corrected chi connectivity index (χ4v) is 6.14. The molecule has 0 bridgehead atoms. The van der Waals surface area contributed by atoms with Crippen molar-refractivity contribution in [2.24, 2.45) is 0 Å². The molecule has 1 aliphatic heterocycles. The van der Waals surface area contributed by atoms with E-state index in [9.17, 15) is 16.8 Å². The zero-order chi connectivity index (χ0) is 21.9. The Morgan fingerprint density at radius 3 is 2.40 bits per heavy atom. The van der Waals surface area contributed by atoms with Gasteiger partial charge in [0.1, 0.15) is 0 Å². The number of rotatable bonds is 8. The fraction of sp³-hybridized carbons (Fsp3) is 0.400. The second kappa shape index (κ2) is 8.73. The molecule has 0 spiro atoms. The van der Waals surface area contributed by atoms with E-state index in [2.05, 4.69) is 4.72 Å². The molecule has 0 aliphatic carbocycles. The van der Waals surface area contributed by atoms with Crippen LogP contribution in [0, 0.1) is 0 Å². The molecule has 3 rings (SSSR count). The smallest absolute Gasteiger partial charge is 0.262 e. The highest BCUT2D eigenvalue weighted by molar-refractivity contribution is 7.93. The van der Waals surface area contributed by atoms with Crippen LogP contribution >= 0.6 is 0 Å². The Morgan fingerprint density at radius 1 is 1.00 bits per heavy atom. The van der Waals surface area contributed by atoms with Crippen molar-refractivity contribution in [1.82, 2.24) is 0 Å². The van der Waals surface area contributed by atoms with Crippen LogP contribution < -0.4 is 18.5 Å². The Bertz CT molecular complexity index is 1130. The molecule has 1 N–H and O–H groups in total. The number of hydrogen-bond acceptors (Lipinski definition) is 6. The lowest BCUT2D eigenvalue weighted by Crippen LogP contribution is -2.37. The first-order valence-electron chi connectivity index (χ1n) is 9.60. The van der Waals surface area contributed by atoms with Crippen LogP contribution in [0.15, 0.2) is 41.3 Å². The van der Waals surface area contributed by atoms with Crippen molar-refractivity contribution in [2.45, 2.75) is 31.1 Å². The van der Waals surface area contributed by atoms with E-state index in [1.165, 1.54) is 36.7 Å². The van der Waals surface area contributed by atoms with Crippen LogP contribution in [0.3, 0.4) is 0 Å². The topological polar surface area (TPSA) is 102 Å². The molecule has 1 aliphatic rings. The van der Waals surface area contributed by atoms with Crippen LogP contribution in [-0.2, 0) is 26.5 Å². The van der Waals surface area contributed by atoms with E-state index in [1.54, 1.807) is 18.2 Å². The highest BCUT2D eigenvalue weighted by atomic mass is 32.2. The number of benzene rings is 2. The maximum atomic E-state index is 12.9. The molecular weight excluding hydrogens is 428 g/mol. The van der Waals surface area contributed by atoms with Crippen molar-refractivity contribution < 1.29 is 26.3 Å². The number of sulfonamides is 2. The number of nitrogens with one attached hydrogen (secondary N) is 1. The van der Waals surface area contributed by atoms with E-state index in [4.69, 9.17) is 9.47 Å². The Labute approximate surface area is 177 Å². The SMILES string of the molecule is CCCS(=O)(=O)N1CCCc2ccc(NS(=O)(=O)c3ccc(OC)c(OC)c3)cc21. The number of hydrogen-bond donors (Lipinski definition) is 1. The van der Waals surface area contributed by atoms with Crippen molar-refractivity contribution >= 4 is 31.4 Å². The molecule has 1 heterocycles. The minimum absolute atomic E-state index is 0.00771. The van der Waals surface area contributed by atoms with Crippen molar-refractivity contribution in [3.63, 3.8) is 0 Å². The van der Waals surface area contributed by atoms with Crippen molar-refractivity contribution in [3.05, 3.63) is 42.0 Å². The minimum Gasteiger partial charge on any atom is -0.493 e. The summed E-state index contributed by atoms with van der Waals surface area (Å²) in [6, 6.07) is 9.31. The van der Waals surface area contributed by atoms with Crippen LogP contribution in [0.4, 0.5) is 11.4 Å². The third-order valence-electron chi connectivity index (χ3n) is 4.88. The molecule has 0 unspecified atom stereocenters. The molecule has 0 aromatic heterocycles. The summed E-state index contributed by atoms with van der Waals surface area (Å²) in [4.78, 5) is 0.00771. The summed E-state index contributed by atoms with van der Waals surface area (Å²) >= 11 is 0. The number of anilines is 2. The van der Waals surface area contributed by atoms with E-state index in [0.29, 0.717) is 35.8 Å². The molecule has 2 aromatic rings. The van der Waals surface area contributed by atoms with Gasteiger partial charge in [0.15, 0.2) is 11.5 Å². The number of methoxy groups -OCH3 is 2. The third-order valence-corrected chi connectivity index (χ3v) is 8.23. The lowest BCUT2D eigenvalue weighted by atomic mass is 10.0. The van der Waals surface area contributed by atoms with Crippen LogP contribution in [0.1, 0.15) is 25.3 Å². The van der Waals surface area contributed by atoms with E-state index in [1.807, 2.05) is 6.92 Å². The van der Waals surface area contributed by atoms with Gasteiger partial charge in [-0.15, -0.1) is 0 Å². The Hall–Kier alpha value is -2.46. The van der Waals surface area contributed by atoms with Crippen LogP contribution in [-0.4, -0.2) is 43.4 Å². The van der Waals surface area contributed by atoms with Gasteiger partial charge in [0.05, 0.1) is 36.2 Å². The molecule has 164 valence electrons. The monoisotopic (exact) mass is 454 g/mol. The largest absolute Gasteiger partial charge is 0.493 e. The fourth-order valence-electron chi connectivity index (χ4n) is 3.46. The molecule has 0 radical (unpaired) electrons. The second-order valence-corrected chi connectivity index (χ2v) is 10.7. The van der Waals surface area contributed by atoms with Gasteiger partial charge >= 0.3 is 0 Å². The van der Waals surface area contributed by atoms with Gasteiger partial charge in [-0.05, 0) is 49.1 Å². The average molecular weight is 455 g/mol. The predicted molar refractivity (Wildman–Crippen MR) is 117 cm³/mol. The van der Waals surface area contributed by atoms with Crippen molar-refractivity contribution in [1.29, 1.82) is 0 Å². The van der Waals surface area contributed by atoms with Crippen LogP contribution in [0.5, 0.6) is 11.5 Å². The summed E-state index contributed by atoms with van der Waals surface area (Å²) in [7, 11) is -4.47. The molecule has 2 aromatic carbocycles. The van der Waals surface area contributed by atoms with Gasteiger partial charge in [0.2, 0.25) is 10.0 Å². The van der Waals surface area contributed by atoms with E-state index >= 15 is 0 Å². The van der Waals surface area contributed by atoms with E-state index < -0.39 is 20.0 Å². The molecule has 0 saturated carbocycles. The zero-order valence-corrected chi connectivity index (χ0v) is 18.8. The lowest BCUT2D eigenvalue weighted by molar-refractivity contribution is 0.354. The van der Waals surface area contributed by atoms with Crippen molar-refractivity contribution in [3.8, 4) is 11.5 Å². The van der Waals surface area contributed by atoms with Gasteiger partial charge in [-0.3, -0.25) is 9.03 Å². The van der Waals surface area contributed by atoms with Crippen LogP contribution in [0.25, 0.3) is 0 Å². The Balaban J connectivity index is 1.94. The third kappa shape index (κ3) is 4.49. The number of ether oxygens (including phenoxy) is 2. The summed E-state index contributed by atoms with van der Waals surface area (Å²) in [5.41, 5.74) is 1.71. The summed E-state index contributed by atoms with van der Waals surface area (Å²) < 4.78 is 65.3. The van der Waals surface area contributed by atoms with Crippen molar-refractivity contribution in [2.75, 3.05) is 35.5 Å². The van der Waals surface area contributed by atoms with E-state index in [-0.39, 0.29) is 10.6 Å². The predicted octanol–water partition coefficient (Wildman–Crippen LogP) is 3.00. The summed E-state index contributed by atoms with van der Waals surface area (Å²) in [5, 5.41) is 0. The molecular formula is C20H26N2O6S2. The first-order chi connectivity index (χ1) is 14.2. The van der Waals surface area contributed by atoms with Gasteiger partial charge in [-0.1, -0.05) is 13.0 Å². The highest BCUT2D eigenvalue weighted by Crippen LogP contribution is 2.34. The van der Waals surface area contributed by atoms with E-state index in [0.717, 1.165) is 18.4 Å². The van der Waals surface area contributed by atoms with Gasteiger partial charge in [-0.2, -0.15) is 0 Å². The average Bonchev–Trinajstić information content (AvgIpc) is 2.72. The first kappa shape index (κ1) is 22.2. The summed E-state index contributed by atoms with van der Waals surface area (Å²) in [6.07, 6.45) is 1.99. The minimum atomic E-state index is -3.91. The summed E-state index contributed by atoms with van der Waals surface area (Å²) in [6.45, 7) is 2.21. The molecule has 0 saturated heterocycles. The molecule has 0 atom stereocenters. The standard InChI is InChI=1S/C20H26N2O6S2/c1-4-12-29(23,24)22-11-5-6-15-7-8-16(13-18(15)22)21-30(25,26)17-9-10-19(27-2)20(14-17)28-3/h7-10,13-14,21H,4-6,11-12H2,1-3H3. The summed E-state index contributed by atoms with van der Waals surface area (Å²) in [5.74, 6) is 0.762. The molecule has 0 amide bonds. The van der Waals surface area contributed by atoms with Gasteiger partial charge in [0, 0.05) is 12.6 Å². The van der Waals surface area contributed by atoms with Gasteiger partial charge < -0.3 is 9.47 Å². The first-order valence-corrected chi connectivity index (χ1v) is 12.7. The normalized spacial score (nSPS) is 14.2. The molecule has 8 nitrogen and oxygen atoms in total. The molecule has 0 fully saturated rings. The number of aryl methyl sites for hydroxylation is 1. The maximum Gasteiger partial charge on any atom is 0.262 e. The number of fused-ring (bicyclic) bond motifs is 1. The van der Waals surface area contributed by atoms with Gasteiger partial charge in [-0.25, -0.2) is 16.8 Å². The molecule has 10 heteroatoms.